The zero-order valence-corrected chi connectivity index (χ0v) is 10.5. The van der Waals surface area contributed by atoms with E-state index < -0.39 is 7.12 Å². The van der Waals surface area contributed by atoms with Crippen molar-refractivity contribution >= 4 is 24.7 Å². The van der Waals surface area contributed by atoms with Gasteiger partial charge in [0.15, 0.2) is 0 Å². The third kappa shape index (κ3) is 3.50. The van der Waals surface area contributed by atoms with Crippen LogP contribution < -0.4 is 10.9 Å². The van der Waals surface area contributed by atoms with Crippen LogP contribution in [0.3, 0.4) is 0 Å². The summed E-state index contributed by atoms with van der Waals surface area (Å²) in [5, 5.41) is 22.2. The topological polar surface area (TPSA) is 94.8 Å². The highest BCUT2D eigenvalue weighted by atomic mass is 16.4. The van der Waals surface area contributed by atoms with Crippen LogP contribution in [-0.4, -0.2) is 34.3 Å². The average Bonchev–Trinajstić information content (AvgIpc) is 2.48. The molecule has 0 atom stereocenters. The van der Waals surface area contributed by atoms with E-state index in [4.69, 9.17) is 0 Å². The van der Waals surface area contributed by atoms with Gasteiger partial charge in [-0.2, -0.15) is 5.10 Å². The maximum absolute atomic E-state index is 11.7. The molecule has 1 aromatic heterocycles. The molecular weight excluding hydrogens is 257 g/mol. The predicted molar refractivity (Wildman–Crippen MR) is 75.6 cm³/mol. The molecule has 0 aliphatic rings. The fraction of sp³-hybridized carbons (Fsp3) is 0. The predicted octanol–water partition coefficient (Wildman–Crippen LogP) is -0.475. The Bertz CT molecular complexity index is 617. The Balaban J connectivity index is 2.06. The van der Waals surface area contributed by atoms with Gasteiger partial charge in [-0.15, -0.1) is 0 Å². The lowest BCUT2D eigenvalue weighted by Crippen LogP contribution is -2.33. The largest absolute Gasteiger partial charge is 0.489 e. The first-order valence-corrected chi connectivity index (χ1v) is 5.87. The number of nitrogens with zero attached hydrogens (tertiary/aromatic N) is 2. The molecule has 1 heterocycles. The van der Waals surface area contributed by atoms with Gasteiger partial charge in [-0.25, -0.2) is 5.43 Å². The molecule has 0 saturated carbocycles. The van der Waals surface area contributed by atoms with E-state index in [2.05, 4.69) is 15.5 Å². The van der Waals surface area contributed by atoms with Crippen LogP contribution >= 0.6 is 0 Å². The first kappa shape index (κ1) is 13.9. The molecule has 6 nitrogen and oxygen atoms in total. The number of rotatable bonds is 4. The minimum Gasteiger partial charge on any atom is -0.423 e. The van der Waals surface area contributed by atoms with Crippen molar-refractivity contribution in [1.82, 2.24) is 10.4 Å². The number of hydrogen-bond donors (Lipinski definition) is 3. The second kappa shape index (κ2) is 6.60. The summed E-state index contributed by atoms with van der Waals surface area (Å²) in [7, 11) is -1.59. The zero-order valence-electron chi connectivity index (χ0n) is 10.5. The van der Waals surface area contributed by atoms with Crippen molar-refractivity contribution in [2.75, 3.05) is 0 Å². The van der Waals surface area contributed by atoms with Gasteiger partial charge < -0.3 is 10.0 Å². The Morgan fingerprint density at radius 3 is 2.60 bits per heavy atom. The van der Waals surface area contributed by atoms with Gasteiger partial charge in [0, 0.05) is 18.0 Å². The average molecular weight is 269 g/mol. The Morgan fingerprint density at radius 2 is 1.90 bits per heavy atom. The number of carbonyl (C=O) groups is 1. The fourth-order valence-electron chi connectivity index (χ4n) is 1.59. The summed E-state index contributed by atoms with van der Waals surface area (Å²) in [6.07, 6.45) is 4.37. The monoisotopic (exact) mass is 269 g/mol. The molecule has 1 amide bonds. The van der Waals surface area contributed by atoms with Crippen LogP contribution in [0.25, 0.3) is 0 Å². The molecule has 1 aromatic carbocycles. The molecule has 20 heavy (non-hydrogen) atoms. The maximum Gasteiger partial charge on any atom is 0.489 e. The van der Waals surface area contributed by atoms with E-state index in [1.54, 1.807) is 36.4 Å². The van der Waals surface area contributed by atoms with Gasteiger partial charge in [-0.1, -0.05) is 24.3 Å². The number of carbonyl (C=O) groups excluding carboxylic acids is 1. The molecule has 0 bridgehead atoms. The molecular formula is C13H12BN3O3. The second-order valence-electron chi connectivity index (χ2n) is 3.94. The molecule has 0 radical (unpaired) electrons. The molecule has 0 saturated heterocycles. The van der Waals surface area contributed by atoms with Crippen LogP contribution in [0.4, 0.5) is 0 Å². The number of hydrazone groups is 1. The molecule has 0 fully saturated rings. The normalized spacial score (nSPS) is 10.5. The fourth-order valence-corrected chi connectivity index (χ4v) is 1.59. The molecule has 0 unspecified atom stereocenters. The summed E-state index contributed by atoms with van der Waals surface area (Å²) in [6, 6.07) is 9.78. The van der Waals surface area contributed by atoms with Gasteiger partial charge in [-0.05, 0) is 23.2 Å². The number of nitrogens with one attached hydrogen (secondary N) is 1. The van der Waals surface area contributed by atoms with E-state index in [9.17, 15) is 14.8 Å². The Hall–Kier alpha value is -2.51. The van der Waals surface area contributed by atoms with Crippen LogP contribution in [0.15, 0.2) is 53.9 Å². The number of aromatic nitrogens is 1. The second-order valence-corrected chi connectivity index (χ2v) is 3.94. The van der Waals surface area contributed by atoms with Crippen molar-refractivity contribution in [3.05, 3.63) is 59.9 Å². The summed E-state index contributed by atoms with van der Waals surface area (Å²) < 4.78 is 0. The molecule has 7 heteroatoms. The first-order valence-electron chi connectivity index (χ1n) is 5.87. The molecule has 0 aliphatic carbocycles. The van der Waals surface area contributed by atoms with Gasteiger partial charge in [0.1, 0.15) is 0 Å². The summed E-state index contributed by atoms with van der Waals surface area (Å²) in [5.74, 6) is -0.370. The van der Waals surface area contributed by atoms with Crippen LogP contribution in [-0.2, 0) is 0 Å². The quantitative estimate of drug-likeness (QED) is 0.397. The lowest BCUT2D eigenvalue weighted by Gasteiger charge is -2.03. The summed E-state index contributed by atoms with van der Waals surface area (Å²) in [5.41, 5.74) is 3.62. The first-order chi connectivity index (χ1) is 9.68. The van der Waals surface area contributed by atoms with E-state index in [0.29, 0.717) is 16.6 Å². The summed E-state index contributed by atoms with van der Waals surface area (Å²) >= 11 is 0. The summed E-state index contributed by atoms with van der Waals surface area (Å²) in [6.45, 7) is 0. The lowest BCUT2D eigenvalue weighted by molar-refractivity contribution is 0.0955. The zero-order chi connectivity index (χ0) is 14.4. The lowest BCUT2D eigenvalue weighted by atomic mass is 9.77. The smallest absolute Gasteiger partial charge is 0.423 e. The van der Waals surface area contributed by atoms with Gasteiger partial charge in [-0.3, -0.25) is 9.78 Å². The van der Waals surface area contributed by atoms with Crippen LogP contribution in [0.5, 0.6) is 0 Å². The molecule has 0 aliphatic heterocycles. The van der Waals surface area contributed by atoms with Crippen molar-refractivity contribution in [3.63, 3.8) is 0 Å². The standard InChI is InChI=1S/C13H12BN3O3/c18-13(10-5-7-15-8-6-10)17-16-9-11-3-1-2-4-12(11)14(19)20/h1-9,19-20H,(H,17,18)/b16-9+. The SMILES string of the molecule is O=C(N/N=C/c1ccccc1B(O)O)c1ccncc1. The number of amides is 1. The van der Waals surface area contributed by atoms with Crippen LogP contribution in [0.1, 0.15) is 15.9 Å². The van der Waals surface area contributed by atoms with Crippen molar-refractivity contribution < 1.29 is 14.8 Å². The van der Waals surface area contributed by atoms with Crippen LogP contribution in [0, 0.1) is 0 Å². The van der Waals surface area contributed by atoms with Gasteiger partial charge in [0.25, 0.3) is 5.91 Å². The van der Waals surface area contributed by atoms with E-state index >= 15 is 0 Å². The van der Waals surface area contributed by atoms with Gasteiger partial charge >= 0.3 is 7.12 Å². The molecule has 2 aromatic rings. The van der Waals surface area contributed by atoms with Crippen molar-refractivity contribution in [2.45, 2.75) is 0 Å². The minimum absolute atomic E-state index is 0.314. The van der Waals surface area contributed by atoms with E-state index in [1.165, 1.54) is 18.6 Å². The third-order valence-electron chi connectivity index (χ3n) is 2.59. The number of pyridine rings is 1. The van der Waals surface area contributed by atoms with E-state index in [0.717, 1.165) is 0 Å². The van der Waals surface area contributed by atoms with Gasteiger partial charge in [0.05, 0.1) is 6.21 Å². The Morgan fingerprint density at radius 1 is 1.20 bits per heavy atom. The molecule has 3 N–H and O–H groups in total. The highest BCUT2D eigenvalue weighted by Gasteiger charge is 2.13. The molecule has 100 valence electrons. The van der Waals surface area contributed by atoms with Crippen LogP contribution in [0.2, 0.25) is 0 Å². The van der Waals surface area contributed by atoms with Gasteiger partial charge in [0.2, 0.25) is 0 Å². The Labute approximate surface area is 115 Å². The van der Waals surface area contributed by atoms with Crippen molar-refractivity contribution in [2.24, 2.45) is 5.10 Å². The van der Waals surface area contributed by atoms with Crippen molar-refractivity contribution in [3.8, 4) is 0 Å². The number of hydrogen-bond acceptors (Lipinski definition) is 5. The third-order valence-corrected chi connectivity index (χ3v) is 2.59. The van der Waals surface area contributed by atoms with Crippen molar-refractivity contribution in [1.29, 1.82) is 0 Å². The van der Waals surface area contributed by atoms with E-state index in [-0.39, 0.29) is 5.91 Å². The molecule has 0 spiro atoms. The Kier molecular flexibility index (Phi) is 4.59. The molecule has 2 rings (SSSR count). The van der Waals surface area contributed by atoms with E-state index in [1.807, 2.05) is 0 Å². The highest BCUT2D eigenvalue weighted by Crippen LogP contribution is 1.96. The number of benzene rings is 1. The highest BCUT2D eigenvalue weighted by molar-refractivity contribution is 6.60. The minimum atomic E-state index is -1.59. The summed E-state index contributed by atoms with van der Waals surface area (Å²) in [4.78, 5) is 15.5. The maximum atomic E-state index is 11.7.